The summed E-state index contributed by atoms with van der Waals surface area (Å²) in [7, 11) is 0. The summed E-state index contributed by atoms with van der Waals surface area (Å²) < 4.78 is 11.3. The first-order valence-corrected chi connectivity index (χ1v) is 7.37. The van der Waals surface area contributed by atoms with Gasteiger partial charge < -0.3 is 14.6 Å². The maximum absolute atomic E-state index is 8.65. The van der Waals surface area contributed by atoms with Gasteiger partial charge in [0.25, 0.3) is 0 Å². The van der Waals surface area contributed by atoms with Gasteiger partial charge in [0.05, 0.1) is 6.61 Å². The van der Waals surface area contributed by atoms with Crippen LogP contribution < -0.4 is 4.74 Å². The van der Waals surface area contributed by atoms with Crippen LogP contribution in [0, 0.1) is 0 Å². The largest absolute Gasteiger partial charge is 0.493 e. The topological polar surface area (TPSA) is 38.7 Å². The van der Waals surface area contributed by atoms with Gasteiger partial charge in [-0.25, -0.2) is 0 Å². The van der Waals surface area contributed by atoms with Crippen molar-refractivity contribution in [3.63, 3.8) is 0 Å². The van der Waals surface area contributed by atoms with Gasteiger partial charge in [0.15, 0.2) is 0 Å². The highest BCUT2D eigenvalue weighted by Crippen LogP contribution is 2.29. The lowest BCUT2D eigenvalue weighted by atomic mass is 10.1. The molecule has 0 radical (unpaired) electrons. The smallest absolute Gasteiger partial charge is 0.127 e. The Morgan fingerprint density at radius 3 is 2.29 bits per heavy atom. The summed E-state index contributed by atoms with van der Waals surface area (Å²) in [5.41, 5.74) is 2.27. The van der Waals surface area contributed by atoms with Crippen molar-refractivity contribution in [1.82, 2.24) is 0 Å². The number of rotatable bonds is 9. The standard InChI is InChI=1S/C18H22O3/c19-12-6-13-20-14-7-15-21-18-11-5-4-10-17(18)16-8-2-1-3-9-16/h1-5,8-11,19H,6-7,12-15H2. The molecule has 0 aliphatic rings. The normalized spacial score (nSPS) is 10.5. The predicted octanol–water partition coefficient (Wildman–Crippen LogP) is 3.52. The molecule has 0 saturated heterocycles. The minimum Gasteiger partial charge on any atom is -0.493 e. The molecule has 0 aliphatic heterocycles. The van der Waals surface area contributed by atoms with Crippen molar-refractivity contribution in [3.8, 4) is 16.9 Å². The van der Waals surface area contributed by atoms with Crippen molar-refractivity contribution >= 4 is 0 Å². The van der Waals surface area contributed by atoms with Crippen LogP contribution in [0.3, 0.4) is 0 Å². The molecule has 2 aromatic carbocycles. The van der Waals surface area contributed by atoms with Gasteiger partial charge in [0, 0.05) is 31.8 Å². The van der Waals surface area contributed by atoms with Gasteiger partial charge in [-0.3, -0.25) is 0 Å². The highest BCUT2D eigenvalue weighted by Gasteiger charge is 2.04. The van der Waals surface area contributed by atoms with Crippen molar-refractivity contribution in [2.75, 3.05) is 26.4 Å². The van der Waals surface area contributed by atoms with Crippen LogP contribution in [0.4, 0.5) is 0 Å². The van der Waals surface area contributed by atoms with Crippen LogP contribution in [0.2, 0.25) is 0 Å². The minimum atomic E-state index is 0.181. The average molecular weight is 286 g/mol. The summed E-state index contributed by atoms with van der Waals surface area (Å²) in [6, 6.07) is 18.3. The Balaban J connectivity index is 1.84. The van der Waals surface area contributed by atoms with Gasteiger partial charge in [-0.05, 0) is 18.1 Å². The fourth-order valence-electron chi connectivity index (χ4n) is 2.06. The van der Waals surface area contributed by atoms with E-state index in [1.807, 2.05) is 36.4 Å². The molecule has 3 nitrogen and oxygen atoms in total. The molecular weight excluding hydrogens is 264 g/mol. The quantitative estimate of drug-likeness (QED) is 0.717. The van der Waals surface area contributed by atoms with Crippen LogP contribution in [0.25, 0.3) is 11.1 Å². The SMILES string of the molecule is OCCCOCCCOc1ccccc1-c1ccccc1. The molecule has 0 unspecified atom stereocenters. The van der Waals surface area contributed by atoms with Crippen LogP contribution in [-0.4, -0.2) is 31.5 Å². The monoisotopic (exact) mass is 286 g/mol. The number of benzene rings is 2. The van der Waals surface area contributed by atoms with Crippen molar-refractivity contribution in [3.05, 3.63) is 54.6 Å². The fourth-order valence-corrected chi connectivity index (χ4v) is 2.06. The molecule has 0 heterocycles. The van der Waals surface area contributed by atoms with Crippen LogP contribution >= 0.6 is 0 Å². The van der Waals surface area contributed by atoms with Gasteiger partial charge >= 0.3 is 0 Å². The van der Waals surface area contributed by atoms with Crippen LogP contribution in [0.5, 0.6) is 5.75 Å². The summed E-state index contributed by atoms with van der Waals surface area (Å²) >= 11 is 0. The molecular formula is C18H22O3. The zero-order valence-electron chi connectivity index (χ0n) is 12.2. The molecule has 0 amide bonds. The van der Waals surface area contributed by atoms with E-state index < -0.39 is 0 Å². The lowest BCUT2D eigenvalue weighted by Gasteiger charge is -2.11. The summed E-state index contributed by atoms with van der Waals surface area (Å²) in [6.07, 6.45) is 1.53. The lowest BCUT2D eigenvalue weighted by Crippen LogP contribution is -2.05. The van der Waals surface area contributed by atoms with E-state index in [2.05, 4.69) is 18.2 Å². The average Bonchev–Trinajstić information content (AvgIpc) is 2.55. The molecule has 0 saturated carbocycles. The molecule has 2 rings (SSSR count). The van der Waals surface area contributed by atoms with E-state index in [0.717, 1.165) is 23.3 Å². The highest BCUT2D eigenvalue weighted by atomic mass is 16.5. The van der Waals surface area contributed by atoms with E-state index in [4.69, 9.17) is 14.6 Å². The third-order valence-corrected chi connectivity index (χ3v) is 3.11. The molecule has 0 bridgehead atoms. The zero-order chi connectivity index (χ0) is 14.8. The number of hydrogen-bond donors (Lipinski definition) is 1. The first-order chi connectivity index (χ1) is 10.4. The Morgan fingerprint density at radius 2 is 1.48 bits per heavy atom. The van der Waals surface area contributed by atoms with E-state index in [0.29, 0.717) is 26.2 Å². The maximum atomic E-state index is 8.65. The number of aliphatic hydroxyl groups is 1. The van der Waals surface area contributed by atoms with Crippen LogP contribution in [0.1, 0.15) is 12.8 Å². The summed E-state index contributed by atoms with van der Waals surface area (Å²) in [5, 5.41) is 8.65. The molecule has 21 heavy (non-hydrogen) atoms. The van der Waals surface area contributed by atoms with E-state index in [-0.39, 0.29) is 6.61 Å². The molecule has 0 aliphatic carbocycles. The molecule has 0 spiro atoms. The van der Waals surface area contributed by atoms with Gasteiger partial charge in [-0.15, -0.1) is 0 Å². The van der Waals surface area contributed by atoms with E-state index >= 15 is 0 Å². The molecule has 0 atom stereocenters. The first kappa shape index (κ1) is 15.5. The molecule has 112 valence electrons. The second-order valence-electron chi connectivity index (χ2n) is 4.75. The van der Waals surface area contributed by atoms with Crippen molar-refractivity contribution in [2.45, 2.75) is 12.8 Å². The van der Waals surface area contributed by atoms with Crippen molar-refractivity contribution < 1.29 is 14.6 Å². The fraction of sp³-hybridized carbons (Fsp3) is 0.333. The second kappa shape index (κ2) is 9.16. The molecule has 0 aromatic heterocycles. The molecule has 2 aromatic rings. The van der Waals surface area contributed by atoms with E-state index in [1.165, 1.54) is 0 Å². The number of ether oxygens (including phenoxy) is 2. The zero-order valence-corrected chi connectivity index (χ0v) is 12.2. The van der Waals surface area contributed by atoms with Gasteiger partial charge in [0.1, 0.15) is 5.75 Å². The Bertz CT molecular complexity index is 511. The van der Waals surface area contributed by atoms with Crippen molar-refractivity contribution in [1.29, 1.82) is 0 Å². The summed E-state index contributed by atoms with van der Waals surface area (Å²) in [6.45, 7) is 2.08. The number of aliphatic hydroxyl groups excluding tert-OH is 1. The molecule has 0 fully saturated rings. The highest BCUT2D eigenvalue weighted by molar-refractivity contribution is 5.70. The third kappa shape index (κ3) is 5.21. The van der Waals surface area contributed by atoms with Crippen LogP contribution in [0.15, 0.2) is 54.6 Å². The second-order valence-corrected chi connectivity index (χ2v) is 4.75. The number of hydrogen-bond acceptors (Lipinski definition) is 3. The van der Waals surface area contributed by atoms with Gasteiger partial charge in [0.2, 0.25) is 0 Å². The maximum Gasteiger partial charge on any atom is 0.127 e. The van der Waals surface area contributed by atoms with Gasteiger partial charge in [-0.2, -0.15) is 0 Å². The minimum absolute atomic E-state index is 0.181. The molecule has 1 N–H and O–H groups in total. The Labute approximate surface area is 126 Å². The van der Waals surface area contributed by atoms with Crippen LogP contribution in [-0.2, 0) is 4.74 Å². The summed E-state index contributed by atoms with van der Waals surface area (Å²) in [4.78, 5) is 0. The number of para-hydroxylation sites is 1. The van der Waals surface area contributed by atoms with Crippen molar-refractivity contribution in [2.24, 2.45) is 0 Å². The Kier molecular flexibility index (Phi) is 6.78. The molecule has 3 heteroatoms. The van der Waals surface area contributed by atoms with E-state index in [1.54, 1.807) is 0 Å². The van der Waals surface area contributed by atoms with Gasteiger partial charge in [-0.1, -0.05) is 48.5 Å². The Morgan fingerprint density at radius 1 is 0.762 bits per heavy atom. The summed E-state index contributed by atoms with van der Waals surface area (Å²) in [5.74, 6) is 0.902. The first-order valence-electron chi connectivity index (χ1n) is 7.37. The predicted molar refractivity (Wildman–Crippen MR) is 84.5 cm³/mol. The Hall–Kier alpha value is -1.84. The van der Waals surface area contributed by atoms with E-state index in [9.17, 15) is 0 Å². The lowest BCUT2D eigenvalue weighted by molar-refractivity contribution is 0.104. The third-order valence-electron chi connectivity index (χ3n) is 3.11.